The number of fused-ring (bicyclic) bond motifs is 1. The van der Waals surface area contributed by atoms with E-state index in [1.807, 2.05) is 35.0 Å². The largest absolute Gasteiger partial charge is 0.491 e. The number of nitrogens with two attached hydrogens (primary N) is 1. The zero-order valence-electron chi connectivity index (χ0n) is 17.3. The van der Waals surface area contributed by atoms with Crippen molar-refractivity contribution in [2.75, 3.05) is 46.6 Å². The summed E-state index contributed by atoms with van der Waals surface area (Å²) in [4.78, 5) is 12.3. The van der Waals surface area contributed by atoms with Crippen LogP contribution >= 0.6 is 0 Å². The molecule has 0 saturated heterocycles. The van der Waals surface area contributed by atoms with Gasteiger partial charge in [0.1, 0.15) is 23.7 Å². The first-order valence-electron chi connectivity index (χ1n) is 9.54. The lowest BCUT2D eigenvalue weighted by Crippen LogP contribution is -2.10. The maximum atomic E-state index is 12.3. The standard InChI is InChI=1S/C22H26N2O6/c1-4-28-22(25)18-7-5-15(11-21(18)30-14-27-3)24-13-19(23)17-8-6-16(12-20(17)24)29-10-9-26-2/h5-8,11-13H,4,9-10,14,23H2,1-3H3. The summed E-state index contributed by atoms with van der Waals surface area (Å²) in [6.07, 6.45) is 1.82. The van der Waals surface area contributed by atoms with Gasteiger partial charge < -0.3 is 34.0 Å². The molecule has 0 saturated carbocycles. The molecular formula is C22H26N2O6. The second kappa shape index (κ2) is 10.00. The van der Waals surface area contributed by atoms with E-state index in [0.29, 0.717) is 36.0 Å². The first kappa shape index (κ1) is 21.5. The fraction of sp³-hybridized carbons (Fsp3) is 0.318. The van der Waals surface area contributed by atoms with Crippen LogP contribution in [0.5, 0.6) is 11.5 Å². The summed E-state index contributed by atoms with van der Waals surface area (Å²) < 4.78 is 28.4. The minimum absolute atomic E-state index is 0.00190. The monoisotopic (exact) mass is 414 g/mol. The van der Waals surface area contributed by atoms with E-state index in [9.17, 15) is 4.79 Å². The van der Waals surface area contributed by atoms with E-state index in [2.05, 4.69) is 0 Å². The predicted octanol–water partition coefficient (Wildman–Crippen LogP) is 3.40. The van der Waals surface area contributed by atoms with Crippen LogP contribution in [0.15, 0.2) is 42.6 Å². The highest BCUT2D eigenvalue weighted by Crippen LogP contribution is 2.32. The Morgan fingerprint density at radius 1 is 1.03 bits per heavy atom. The van der Waals surface area contributed by atoms with E-state index < -0.39 is 5.97 Å². The molecule has 0 aliphatic heterocycles. The van der Waals surface area contributed by atoms with Gasteiger partial charge in [0.25, 0.3) is 0 Å². The van der Waals surface area contributed by atoms with Gasteiger partial charge in [-0.3, -0.25) is 0 Å². The molecule has 0 aliphatic carbocycles. The molecule has 0 unspecified atom stereocenters. The third-order valence-electron chi connectivity index (χ3n) is 4.44. The molecule has 1 heterocycles. The highest BCUT2D eigenvalue weighted by Gasteiger charge is 2.17. The fourth-order valence-electron chi connectivity index (χ4n) is 3.06. The number of methoxy groups -OCH3 is 2. The Balaban J connectivity index is 2.02. The molecule has 3 rings (SSSR count). The lowest BCUT2D eigenvalue weighted by atomic mass is 10.1. The van der Waals surface area contributed by atoms with E-state index in [1.54, 1.807) is 26.2 Å². The van der Waals surface area contributed by atoms with Gasteiger partial charge in [-0.1, -0.05) is 0 Å². The van der Waals surface area contributed by atoms with Gasteiger partial charge in [-0.2, -0.15) is 0 Å². The Bertz CT molecular complexity index is 1010. The van der Waals surface area contributed by atoms with Gasteiger partial charge in [-0.25, -0.2) is 4.79 Å². The molecule has 0 bridgehead atoms. The van der Waals surface area contributed by atoms with Crippen LogP contribution in [-0.4, -0.2) is 51.4 Å². The van der Waals surface area contributed by atoms with E-state index in [1.165, 1.54) is 7.11 Å². The summed E-state index contributed by atoms with van der Waals surface area (Å²) in [5, 5.41) is 0.892. The molecule has 0 spiro atoms. The van der Waals surface area contributed by atoms with Gasteiger partial charge in [0, 0.05) is 43.6 Å². The van der Waals surface area contributed by atoms with Crippen LogP contribution in [0, 0.1) is 0 Å². The number of carbonyl (C=O) groups is 1. The quantitative estimate of drug-likeness (QED) is 0.309. The van der Waals surface area contributed by atoms with E-state index in [4.69, 9.17) is 29.4 Å². The van der Waals surface area contributed by atoms with Crippen LogP contribution in [0.2, 0.25) is 0 Å². The topological polar surface area (TPSA) is 94.2 Å². The second-order valence-electron chi connectivity index (χ2n) is 6.43. The van der Waals surface area contributed by atoms with Crippen molar-refractivity contribution in [3.8, 4) is 17.2 Å². The summed E-state index contributed by atoms with van der Waals surface area (Å²) in [5.41, 5.74) is 8.80. The number of nitrogen functional groups attached to an aromatic ring is 1. The molecule has 0 amide bonds. The SMILES string of the molecule is CCOC(=O)c1ccc(-n2cc(N)c3ccc(OCCOC)cc32)cc1OCOC. The molecule has 8 nitrogen and oxygen atoms in total. The van der Waals surface area contributed by atoms with Crippen molar-refractivity contribution in [1.29, 1.82) is 0 Å². The number of anilines is 1. The Morgan fingerprint density at radius 3 is 2.60 bits per heavy atom. The number of rotatable bonds is 10. The molecule has 0 atom stereocenters. The Morgan fingerprint density at radius 2 is 1.87 bits per heavy atom. The van der Waals surface area contributed by atoms with Crippen molar-refractivity contribution >= 4 is 22.6 Å². The average molecular weight is 414 g/mol. The maximum Gasteiger partial charge on any atom is 0.341 e. The van der Waals surface area contributed by atoms with Crippen molar-refractivity contribution in [3.63, 3.8) is 0 Å². The molecule has 8 heteroatoms. The van der Waals surface area contributed by atoms with Crippen LogP contribution < -0.4 is 15.2 Å². The number of hydrogen-bond acceptors (Lipinski definition) is 7. The molecule has 30 heavy (non-hydrogen) atoms. The number of aromatic nitrogens is 1. The van der Waals surface area contributed by atoms with Crippen LogP contribution in [0.25, 0.3) is 16.6 Å². The smallest absolute Gasteiger partial charge is 0.341 e. The molecule has 0 radical (unpaired) electrons. The lowest BCUT2D eigenvalue weighted by Gasteiger charge is -2.13. The van der Waals surface area contributed by atoms with Gasteiger partial charge in [0.15, 0.2) is 6.79 Å². The van der Waals surface area contributed by atoms with Crippen molar-refractivity contribution in [2.45, 2.75) is 6.92 Å². The third-order valence-corrected chi connectivity index (χ3v) is 4.44. The molecule has 0 aliphatic rings. The highest BCUT2D eigenvalue weighted by molar-refractivity contribution is 5.95. The number of hydrogen-bond donors (Lipinski definition) is 1. The van der Waals surface area contributed by atoms with Gasteiger partial charge >= 0.3 is 5.97 Å². The van der Waals surface area contributed by atoms with Crippen molar-refractivity contribution in [1.82, 2.24) is 4.57 Å². The highest BCUT2D eigenvalue weighted by atomic mass is 16.7. The lowest BCUT2D eigenvalue weighted by molar-refractivity contribution is 0.0438. The third kappa shape index (κ3) is 4.67. The summed E-state index contributed by atoms with van der Waals surface area (Å²) >= 11 is 0. The van der Waals surface area contributed by atoms with Gasteiger partial charge in [-0.05, 0) is 31.2 Å². The number of esters is 1. The van der Waals surface area contributed by atoms with Crippen molar-refractivity contribution in [2.24, 2.45) is 0 Å². The summed E-state index contributed by atoms with van der Waals surface area (Å²) in [6.45, 7) is 2.97. The normalized spacial score (nSPS) is 10.9. The molecule has 2 N–H and O–H groups in total. The first-order valence-corrected chi connectivity index (χ1v) is 9.54. The number of nitrogens with zero attached hydrogens (tertiary/aromatic N) is 1. The van der Waals surface area contributed by atoms with Crippen molar-refractivity contribution in [3.05, 3.63) is 48.2 Å². The molecule has 1 aromatic heterocycles. The molecule has 160 valence electrons. The van der Waals surface area contributed by atoms with Gasteiger partial charge in [0.05, 0.1) is 24.4 Å². The first-order chi connectivity index (χ1) is 14.6. The Labute approximate surface area is 175 Å². The zero-order chi connectivity index (χ0) is 21.5. The zero-order valence-corrected chi connectivity index (χ0v) is 17.3. The van der Waals surface area contributed by atoms with E-state index in [0.717, 1.165) is 16.6 Å². The fourth-order valence-corrected chi connectivity index (χ4v) is 3.06. The van der Waals surface area contributed by atoms with E-state index >= 15 is 0 Å². The van der Waals surface area contributed by atoms with Crippen LogP contribution in [0.3, 0.4) is 0 Å². The van der Waals surface area contributed by atoms with Gasteiger partial charge in [0.2, 0.25) is 0 Å². The minimum atomic E-state index is -0.458. The van der Waals surface area contributed by atoms with Gasteiger partial charge in [-0.15, -0.1) is 0 Å². The number of ether oxygens (including phenoxy) is 5. The van der Waals surface area contributed by atoms with Crippen LogP contribution in [-0.2, 0) is 14.2 Å². The van der Waals surface area contributed by atoms with Crippen molar-refractivity contribution < 1.29 is 28.5 Å². The summed E-state index contributed by atoms with van der Waals surface area (Å²) in [6, 6.07) is 10.9. The Hall–Kier alpha value is -3.23. The maximum absolute atomic E-state index is 12.3. The minimum Gasteiger partial charge on any atom is -0.491 e. The predicted molar refractivity (Wildman–Crippen MR) is 114 cm³/mol. The van der Waals surface area contributed by atoms with Crippen LogP contribution in [0.4, 0.5) is 5.69 Å². The Kier molecular flexibility index (Phi) is 7.16. The summed E-state index contributed by atoms with van der Waals surface area (Å²) in [7, 11) is 3.14. The van der Waals surface area contributed by atoms with Crippen LogP contribution in [0.1, 0.15) is 17.3 Å². The van der Waals surface area contributed by atoms with E-state index in [-0.39, 0.29) is 13.4 Å². The number of carbonyl (C=O) groups excluding carboxylic acids is 1. The second-order valence-corrected chi connectivity index (χ2v) is 6.43. The summed E-state index contributed by atoms with van der Waals surface area (Å²) in [5.74, 6) is 0.611. The molecule has 2 aromatic carbocycles. The molecular weight excluding hydrogens is 388 g/mol. The molecule has 3 aromatic rings. The average Bonchev–Trinajstić information content (AvgIpc) is 3.08. The number of benzene rings is 2. The molecule has 0 fully saturated rings.